The van der Waals surface area contributed by atoms with Crippen LogP contribution in [0.1, 0.15) is 42.5 Å². The van der Waals surface area contributed by atoms with Gasteiger partial charge in [0.15, 0.2) is 5.11 Å². The number of hydrogen-bond donors (Lipinski definition) is 3. The fourth-order valence-electron chi connectivity index (χ4n) is 2.85. The van der Waals surface area contributed by atoms with Crippen molar-refractivity contribution < 1.29 is 14.3 Å². The summed E-state index contributed by atoms with van der Waals surface area (Å²) < 4.78 is 4.91. The van der Waals surface area contributed by atoms with Gasteiger partial charge in [0, 0.05) is 30.8 Å². The largest absolute Gasteiger partial charge is 0.383 e. The highest BCUT2D eigenvalue weighted by atomic mass is 32.1. The Balaban J connectivity index is 1.86. The molecule has 0 unspecified atom stereocenters. The fraction of sp³-hybridized carbons (Fsp3) is 0.500. The molecule has 0 saturated heterocycles. The molecule has 0 aromatic heterocycles. The maximum atomic E-state index is 12.2. The molecule has 2 amide bonds. The van der Waals surface area contributed by atoms with E-state index in [-0.39, 0.29) is 22.8 Å². The lowest BCUT2D eigenvalue weighted by Crippen LogP contribution is -2.39. The molecule has 7 heteroatoms. The summed E-state index contributed by atoms with van der Waals surface area (Å²) in [5.41, 5.74) is 1.18. The highest BCUT2D eigenvalue weighted by molar-refractivity contribution is 7.80. The number of amides is 2. The van der Waals surface area contributed by atoms with Crippen molar-refractivity contribution >= 4 is 34.8 Å². The van der Waals surface area contributed by atoms with E-state index in [4.69, 9.17) is 17.0 Å². The van der Waals surface area contributed by atoms with Crippen LogP contribution in [0, 0.1) is 5.92 Å². The summed E-state index contributed by atoms with van der Waals surface area (Å²) >= 11 is 5.22. The van der Waals surface area contributed by atoms with Gasteiger partial charge in [-0.15, -0.1) is 0 Å². The van der Waals surface area contributed by atoms with Crippen LogP contribution in [-0.4, -0.2) is 37.2 Å². The standard InChI is InChI=1S/C18H25N3O3S/c1-24-11-10-19-16(22)14-8-5-9-15(12-14)20-18(25)21-17(23)13-6-3-2-4-7-13/h5,8-9,12-13H,2-4,6-7,10-11H2,1H3,(H,19,22)(H2,20,21,23,25). The van der Waals surface area contributed by atoms with Crippen LogP contribution in [0.2, 0.25) is 0 Å². The molecule has 1 aromatic rings. The van der Waals surface area contributed by atoms with Crippen LogP contribution in [0.25, 0.3) is 0 Å². The molecule has 1 aromatic carbocycles. The Morgan fingerprint density at radius 2 is 2.00 bits per heavy atom. The summed E-state index contributed by atoms with van der Waals surface area (Å²) in [6, 6.07) is 6.97. The van der Waals surface area contributed by atoms with Gasteiger partial charge in [-0.2, -0.15) is 0 Å². The second-order valence-corrected chi connectivity index (χ2v) is 6.52. The minimum atomic E-state index is -0.183. The molecule has 0 radical (unpaired) electrons. The van der Waals surface area contributed by atoms with Gasteiger partial charge in [-0.3, -0.25) is 9.59 Å². The van der Waals surface area contributed by atoms with Crippen LogP contribution in [0.15, 0.2) is 24.3 Å². The summed E-state index contributed by atoms with van der Waals surface area (Å²) in [5, 5.41) is 8.74. The Morgan fingerprint density at radius 3 is 2.72 bits per heavy atom. The number of benzene rings is 1. The van der Waals surface area contributed by atoms with Crippen molar-refractivity contribution in [2.24, 2.45) is 5.92 Å². The van der Waals surface area contributed by atoms with Crippen LogP contribution in [0.3, 0.4) is 0 Å². The van der Waals surface area contributed by atoms with Crippen molar-refractivity contribution in [3.8, 4) is 0 Å². The molecule has 0 aliphatic heterocycles. The van der Waals surface area contributed by atoms with Gasteiger partial charge in [0.2, 0.25) is 5.91 Å². The van der Waals surface area contributed by atoms with Gasteiger partial charge in [0.05, 0.1) is 6.61 Å². The second kappa shape index (κ2) is 10.1. The zero-order chi connectivity index (χ0) is 18.1. The molecule has 25 heavy (non-hydrogen) atoms. The monoisotopic (exact) mass is 363 g/mol. The number of rotatable bonds is 6. The highest BCUT2D eigenvalue weighted by Gasteiger charge is 2.21. The molecule has 136 valence electrons. The number of carbonyl (C=O) groups excluding carboxylic acids is 2. The van der Waals surface area contributed by atoms with Crippen LogP contribution in [-0.2, 0) is 9.53 Å². The molecule has 1 saturated carbocycles. The Morgan fingerprint density at radius 1 is 1.24 bits per heavy atom. The van der Waals surface area contributed by atoms with Gasteiger partial charge in [0.25, 0.3) is 5.91 Å². The molecular formula is C18H25N3O3S. The zero-order valence-corrected chi connectivity index (χ0v) is 15.3. The van der Waals surface area contributed by atoms with E-state index >= 15 is 0 Å². The molecule has 1 fully saturated rings. The van der Waals surface area contributed by atoms with Crippen molar-refractivity contribution in [3.63, 3.8) is 0 Å². The number of nitrogens with one attached hydrogen (secondary N) is 3. The van der Waals surface area contributed by atoms with Crippen molar-refractivity contribution in [3.05, 3.63) is 29.8 Å². The van der Waals surface area contributed by atoms with Crippen LogP contribution in [0.4, 0.5) is 5.69 Å². The minimum Gasteiger partial charge on any atom is -0.383 e. The Kier molecular flexibility index (Phi) is 7.81. The average molecular weight is 363 g/mol. The van der Waals surface area contributed by atoms with Gasteiger partial charge < -0.3 is 20.7 Å². The van der Waals surface area contributed by atoms with Crippen molar-refractivity contribution in [2.45, 2.75) is 32.1 Å². The van der Waals surface area contributed by atoms with E-state index in [0.717, 1.165) is 25.7 Å². The molecule has 0 heterocycles. The van der Waals surface area contributed by atoms with Crippen molar-refractivity contribution in [1.29, 1.82) is 0 Å². The number of thiocarbonyl (C=S) groups is 1. The lowest BCUT2D eigenvalue weighted by atomic mass is 9.89. The molecule has 6 nitrogen and oxygen atoms in total. The first-order chi connectivity index (χ1) is 12.1. The maximum Gasteiger partial charge on any atom is 0.251 e. The Labute approximate surface area is 153 Å². The fourth-order valence-corrected chi connectivity index (χ4v) is 3.07. The predicted molar refractivity (Wildman–Crippen MR) is 102 cm³/mol. The average Bonchev–Trinajstić information content (AvgIpc) is 2.62. The quantitative estimate of drug-likeness (QED) is 0.534. The van der Waals surface area contributed by atoms with Gasteiger partial charge in [-0.1, -0.05) is 25.3 Å². The van der Waals surface area contributed by atoms with E-state index in [9.17, 15) is 9.59 Å². The Hall–Kier alpha value is -1.99. The van der Waals surface area contributed by atoms with E-state index < -0.39 is 0 Å². The van der Waals surface area contributed by atoms with Crippen LogP contribution < -0.4 is 16.0 Å². The van der Waals surface area contributed by atoms with E-state index in [0.29, 0.717) is 24.4 Å². The topological polar surface area (TPSA) is 79.5 Å². The minimum absolute atomic E-state index is 0.0225. The van der Waals surface area contributed by atoms with Crippen LogP contribution in [0.5, 0.6) is 0 Å². The zero-order valence-electron chi connectivity index (χ0n) is 14.5. The molecular weight excluding hydrogens is 338 g/mol. The lowest BCUT2D eigenvalue weighted by Gasteiger charge is -2.21. The summed E-state index contributed by atoms with van der Waals surface area (Å²) in [6.45, 7) is 0.907. The van der Waals surface area contributed by atoms with Crippen molar-refractivity contribution in [2.75, 3.05) is 25.6 Å². The summed E-state index contributed by atoms with van der Waals surface area (Å²) in [4.78, 5) is 24.3. The third kappa shape index (κ3) is 6.43. The molecule has 1 aliphatic carbocycles. The van der Waals surface area contributed by atoms with Gasteiger partial charge in [-0.25, -0.2) is 0 Å². The molecule has 0 atom stereocenters. The second-order valence-electron chi connectivity index (χ2n) is 6.11. The van der Waals surface area contributed by atoms with Gasteiger partial charge in [-0.05, 0) is 43.3 Å². The third-order valence-corrected chi connectivity index (χ3v) is 4.39. The number of anilines is 1. The highest BCUT2D eigenvalue weighted by Crippen LogP contribution is 2.23. The van der Waals surface area contributed by atoms with Gasteiger partial charge >= 0.3 is 0 Å². The molecule has 1 aliphatic rings. The summed E-state index contributed by atoms with van der Waals surface area (Å²) in [5.74, 6) is -0.157. The smallest absolute Gasteiger partial charge is 0.251 e. The first kappa shape index (κ1) is 19.3. The SMILES string of the molecule is COCCNC(=O)c1cccc(NC(=S)NC(=O)C2CCCCC2)c1. The molecule has 0 spiro atoms. The maximum absolute atomic E-state index is 12.2. The number of ether oxygens (including phenoxy) is 1. The first-order valence-corrected chi connectivity index (χ1v) is 9.00. The predicted octanol–water partition coefficient (Wildman–Crippen LogP) is 2.46. The lowest BCUT2D eigenvalue weighted by molar-refractivity contribution is -0.124. The van der Waals surface area contributed by atoms with Crippen molar-refractivity contribution in [1.82, 2.24) is 10.6 Å². The molecule has 2 rings (SSSR count). The number of carbonyl (C=O) groups is 2. The van der Waals surface area contributed by atoms with Crippen LogP contribution >= 0.6 is 12.2 Å². The van der Waals surface area contributed by atoms with E-state index in [1.165, 1.54) is 6.42 Å². The molecule has 3 N–H and O–H groups in total. The number of hydrogen-bond acceptors (Lipinski definition) is 4. The van der Waals surface area contributed by atoms with E-state index in [1.54, 1.807) is 31.4 Å². The Bertz CT molecular complexity index is 615. The van der Waals surface area contributed by atoms with E-state index in [2.05, 4.69) is 16.0 Å². The van der Waals surface area contributed by atoms with Gasteiger partial charge in [0.1, 0.15) is 0 Å². The molecule has 0 bridgehead atoms. The normalized spacial score (nSPS) is 14.6. The first-order valence-electron chi connectivity index (χ1n) is 8.59. The summed E-state index contributed by atoms with van der Waals surface area (Å²) in [6.07, 6.45) is 5.24. The van der Waals surface area contributed by atoms with E-state index in [1.807, 2.05) is 0 Å². The third-order valence-electron chi connectivity index (χ3n) is 4.19. The number of methoxy groups -OCH3 is 1. The summed E-state index contributed by atoms with van der Waals surface area (Å²) in [7, 11) is 1.58.